The fourth-order valence-corrected chi connectivity index (χ4v) is 6.25. The van der Waals surface area contributed by atoms with Crippen molar-refractivity contribution in [1.82, 2.24) is 10.2 Å². The molecule has 2 amide bonds. The van der Waals surface area contributed by atoms with E-state index in [4.69, 9.17) is 4.74 Å². The number of alkyl halides is 2. The Labute approximate surface area is 152 Å². The third-order valence-electron chi connectivity index (χ3n) is 3.29. The molecule has 1 saturated heterocycles. The SMILES string of the molecule is CC(C)(C)OC(=O)C1=C(CBr)C(Br)S(=O)[C@@H]2C(NC=O)C(=O)N12. The van der Waals surface area contributed by atoms with E-state index in [1.165, 1.54) is 4.90 Å². The number of nitrogens with one attached hydrogen (secondary N) is 1. The number of fused-ring (bicyclic) bond motifs is 1. The lowest BCUT2D eigenvalue weighted by molar-refractivity contribution is -0.158. The second-order valence-electron chi connectivity index (χ2n) is 6.01. The van der Waals surface area contributed by atoms with Gasteiger partial charge in [-0.2, -0.15) is 0 Å². The molecule has 7 nitrogen and oxygen atoms in total. The van der Waals surface area contributed by atoms with Crippen molar-refractivity contribution < 1.29 is 23.3 Å². The van der Waals surface area contributed by atoms with Gasteiger partial charge in [-0.15, -0.1) is 0 Å². The fourth-order valence-electron chi connectivity index (χ4n) is 2.37. The number of carbonyl (C=O) groups is 3. The summed E-state index contributed by atoms with van der Waals surface area (Å²) in [6, 6.07) is -0.900. The van der Waals surface area contributed by atoms with Crippen LogP contribution in [0.2, 0.25) is 0 Å². The maximum atomic E-state index is 12.5. The summed E-state index contributed by atoms with van der Waals surface area (Å²) < 4.78 is 17.3. The molecule has 2 aliphatic heterocycles. The molecule has 4 atom stereocenters. The Morgan fingerprint density at radius 3 is 2.57 bits per heavy atom. The second kappa shape index (κ2) is 6.64. The molecule has 2 rings (SSSR count). The van der Waals surface area contributed by atoms with Crippen molar-refractivity contribution in [3.63, 3.8) is 0 Å². The summed E-state index contributed by atoms with van der Waals surface area (Å²) in [6.07, 6.45) is 0.386. The zero-order valence-electron chi connectivity index (χ0n) is 12.7. The predicted octanol–water partition coefficient (Wildman–Crippen LogP) is 0.743. The number of amides is 2. The summed E-state index contributed by atoms with van der Waals surface area (Å²) in [4.78, 5) is 36.6. The molecule has 0 aliphatic carbocycles. The van der Waals surface area contributed by atoms with E-state index < -0.39 is 43.9 Å². The summed E-state index contributed by atoms with van der Waals surface area (Å²) in [5, 5.41) is 1.82. The van der Waals surface area contributed by atoms with Crippen LogP contribution < -0.4 is 5.32 Å². The van der Waals surface area contributed by atoms with Crippen molar-refractivity contribution in [2.75, 3.05) is 5.33 Å². The van der Waals surface area contributed by atoms with E-state index in [9.17, 15) is 18.6 Å². The van der Waals surface area contributed by atoms with E-state index in [1.807, 2.05) is 0 Å². The van der Waals surface area contributed by atoms with Crippen molar-refractivity contribution in [2.24, 2.45) is 0 Å². The molecule has 0 radical (unpaired) electrons. The Hall–Kier alpha value is -0.740. The fraction of sp³-hybridized carbons (Fsp3) is 0.615. The zero-order valence-corrected chi connectivity index (χ0v) is 16.7. The first-order valence-corrected chi connectivity index (χ1v) is 10.0. The molecule has 2 heterocycles. The summed E-state index contributed by atoms with van der Waals surface area (Å²) in [7, 11) is -1.51. The monoisotopic (exact) mass is 470 g/mol. The van der Waals surface area contributed by atoms with Gasteiger partial charge in [-0.3, -0.25) is 18.7 Å². The van der Waals surface area contributed by atoms with Crippen LogP contribution in [0.15, 0.2) is 11.3 Å². The van der Waals surface area contributed by atoms with Crippen LogP contribution in [0.1, 0.15) is 20.8 Å². The first kappa shape index (κ1) is 18.6. The molecule has 23 heavy (non-hydrogen) atoms. The highest BCUT2D eigenvalue weighted by atomic mass is 79.9. The summed E-state index contributed by atoms with van der Waals surface area (Å²) in [5.74, 6) is -1.13. The van der Waals surface area contributed by atoms with Crippen molar-refractivity contribution >= 4 is 60.9 Å². The molecule has 3 unspecified atom stereocenters. The number of β-lactam (4-membered cyclic amide) rings is 1. The number of ether oxygens (including phenoxy) is 1. The van der Waals surface area contributed by atoms with Gasteiger partial charge in [0, 0.05) is 5.33 Å². The molecular weight excluding hydrogens is 456 g/mol. The van der Waals surface area contributed by atoms with Crippen molar-refractivity contribution in [3.8, 4) is 0 Å². The number of carbonyl (C=O) groups excluding carboxylic acids is 3. The molecule has 0 aromatic rings. The Bertz CT molecular complexity index is 616. The Morgan fingerprint density at radius 2 is 2.09 bits per heavy atom. The second-order valence-corrected chi connectivity index (χ2v) is 9.71. The number of nitrogens with zero attached hydrogens (tertiary/aromatic N) is 1. The first-order valence-electron chi connectivity index (χ1n) is 6.72. The smallest absolute Gasteiger partial charge is 0.355 e. The number of hydrogen-bond donors (Lipinski definition) is 1. The lowest BCUT2D eigenvalue weighted by atomic mass is 10.0. The molecule has 0 aromatic carbocycles. The maximum absolute atomic E-state index is 12.5. The lowest BCUT2D eigenvalue weighted by Gasteiger charge is -2.50. The molecule has 1 fully saturated rings. The molecule has 0 spiro atoms. The molecule has 0 bridgehead atoms. The minimum absolute atomic E-state index is 0.0808. The van der Waals surface area contributed by atoms with Crippen LogP contribution in [0.3, 0.4) is 0 Å². The Morgan fingerprint density at radius 1 is 1.48 bits per heavy atom. The van der Waals surface area contributed by atoms with Gasteiger partial charge in [-0.25, -0.2) is 4.79 Å². The molecule has 0 saturated carbocycles. The van der Waals surface area contributed by atoms with Crippen LogP contribution in [-0.2, 0) is 29.9 Å². The van der Waals surface area contributed by atoms with E-state index in [0.717, 1.165) is 0 Å². The zero-order chi connectivity index (χ0) is 17.5. The van der Waals surface area contributed by atoms with E-state index in [2.05, 4.69) is 37.2 Å². The van der Waals surface area contributed by atoms with Gasteiger partial charge in [0.05, 0.1) is 10.8 Å². The maximum Gasteiger partial charge on any atom is 0.355 e. The van der Waals surface area contributed by atoms with E-state index >= 15 is 0 Å². The number of rotatable bonds is 4. The largest absolute Gasteiger partial charge is 0.455 e. The Kier molecular flexibility index (Phi) is 5.37. The lowest BCUT2D eigenvalue weighted by Crippen LogP contribution is -2.73. The predicted molar refractivity (Wildman–Crippen MR) is 91.1 cm³/mol. The van der Waals surface area contributed by atoms with Crippen LogP contribution in [0, 0.1) is 0 Å². The van der Waals surface area contributed by atoms with Gasteiger partial charge < -0.3 is 10.1 Å². The van der Waals surface area contributed by atoms with Crippen LogP contribution in [0.5, 0.6) is 0 Å². The van der Waals surface area contributed by atoms with Crippen LogP contribution >= 0.6 is 31.9 Å². The molecule has 10 heteroatoms. The van der Waals surface area contributed by atoms with Crippen molar-refractivity contribution in [1.29, 1.82) is 0 Å². The topological polar surface area (TPSA) is 92.8 Å². The summed E-state index contributed by atoms with van der Waals surface area (Å²) in [5.41, 5.74) is -0.173. The van der Waals surface area contributed by atoms with Gasteiger partial charge in [0.15, 0.2) is 0 Å². The van der Waals surface area contributed by atoms with Gasteiger partial charge in [-0.1, -0.05) is 31.9 Å². The van der Waals surface area contributed by atoms with Gasteiger partial charge in [0.1, 0.15) is 26.9 Å². The molecule has 2 aliphatic rings. The highest BCUT2D eigenvalue weighted by Crippen LogP contribution is 2.41. The first-order chi connectivity index (χ1) is 10.6. The summed E-state index contributed by atoms with van der Waals surface area (Å²) in [6.45, 7) is 5.16. The van der Waals surface area contributed by atoms with Crippen molar-refractivity contribution in [3.05, 3.63) is 11.3 Å². The van der Waals surface area contributed by atoms with Gasteiger partial charge in [-0.05, 0) is 26.3 Å². The van der Waals surface area contributed by atoms with E-state index in [-0.39, 0.29) is 11.0 Å². The third-order valence-corrected chi connectivity index (χ3v) is 7.20. The minimum Gasteiger partial charge on any atom is -0.455 e. The molecular formula is C13H16Br2N2O5S. The van der Waals surface area contributed by atoms with Crippen LogP contribution in [0.4, 0.5) is 0 Å². The van der Waals surface area contributed by atoms with Gasteiger partial charge in [0.2, 0.25) is 6.41 Å². The molecule has 1 N–H and O–H groups in total. The van der Waals surface area contributed by atoms with Gasteiger partial charge in [0.25, 0.3) is 5.91 Å². The normalized spacial score (nSPS) is 30.5. The minimum atomic E-state index is -1.51. The number of esters is 1. The quantitative estimate of drug-likeness (QED) is 0.282. The van der Waals surface area contributed by atoms with Gasteiger partial charge >= 0.3 is 5.97 Å². The molecule has 0 aromatic heterocycles. The van der Waals surface area contributed by atoms with Crippen LogP contribution in [-0.4, -0.2) is 53.9 Å². The Balaban J connectivity index is 2.46. The van der Waals surface area contributed by atoms with Crippen molar-refractivity contribution in [2.45, 2.75) is 41.9 Å². The standard InChI is InChI=1S/C13H16Br2N2O5S/c1-13(2,3)22-12(20)8-6(4-14)9(15)23(21)11-7(16-5-18)10(19)17(8)11/h5,7,9,11H,4H2,1-3H3,(H,16,18)/t7?,9?,11-,23?/m1/s1. The number of hydrogen-bond acceptors (Lipinski definition) is 5. The van der Waals surface area contributed by atoms with E-state index in [1.54, 1.807) is 20.8 Å². The molecule has 128 valence electrons. The average molecular weight is 472 g/mol. The highest BCUT2D eigenvalue weighted by molar-refractivity contribution is 9.11. The summed E-state index contributed by atoms with van der Waals surface area (Å²) >= 11 is 6.58. The van der Waals surface area contributed by atoms with Crippen LogP contribution in [0.25, 0.3) is 0 Å². The number of halogens is 2. The van der Waals surface area contributed by atoms with E-state index in [0.29, 0.717) is 12.0 Å². The average Bonchev–Trinajstić information content (AvgIpc) is 2.45. The third kappa shape index (κ3) is 3.25. The highest BCUT2D eigenvalue weighted by Gasteiger charge is 2.59.